The second kappa shape index (κ2) is 3.29. The van der Waals surface area contributed by atoms with E-state index in [-0.39, 0.29) is 12.5 Å². The van der Waals surface area contributed by atoms with Gasteiger partial charge in [0.1, 0.15) is 6.61 Å². The van der Waals surface area contributed by atoms with Crippen LogP contribution in [0.25, 0.3) is 0 Å². The summed E-state index contributed by atoms with van der Waals surface area (Å²) >= 11 is 0. The van der Waals surface area contributed by atoms with Gasteiger partial charge in [0.05, 0.1) is 0 Å². The third-order valence-electron chi connectivity index (χ3n) is 3.52. The van der Waals surface area contributed by atoms with Crippen molar-refractivity contribution in [1.82, 2.24) is 5.32 Å². The quantitative estimate of drug-likeness (QED) is 0.666. The van der Waals surface area contributed by atoms with E-state index in [0.717, 1.165) is 6.42 Å². The Morgan fingerprint density at radius 2 is 2.08 bits per heavy atom. The number of hydrogen-bond donors (Lipinski definition) is 2. The first kappa shape index (κ1) is 9.00. The summed E-state index contributed by atoms with van der Waals surface area (Å²) in [6.07, 6.45) is 7.64. The molecular formula is C10H17NO2. The maximum Gasteiger partial charge on any atom is 0.245 e. The van der Waals surface area contributed by atoms with Crippen LogP contribution >= 0.6 is 0 Å². The van der Waals surface area contributed by atoms with Gasteiger partial charge in [-0.05, 0) is 24.7 Å². The zero-order chi connectivity index (χ0) is 9.31. The molecule has 2 aliphatic rings. The average molecular weight is 183 g/mol. The zero-order valence-corrected chi connectivity index (χ0v) is 7.88. The van der Waals surface area contributed by atoms with Gasteiger partial charge in [0.15, 0.2) is 0 Å². The van der Waals surface area contributed by atoms with Crippen molar-refractivity contribution in [2.75, 3.05) is 6.61 Å². The van der Waals surface area contributed by atoms with Crippen molar-refractivity contribution in [3.05, 3.63) is 0 Å². The van der Waals surface area contributed by atoms with Crippen molar-refractivity contribution in [3.8, 4) is 0 Å². The molecule has 2 N–H and O–H groups in total. The molecule has 0 heterocycles. The van der Waals surface area contributed by atoms with Gasteiger partial charge >= 0.3 is 0 Å². The van der Waals surface area contributed by atoms with Gasteiger partial charge in [-0.1, -0.05) is 19.3 Å². The van der Waals surface area contributed by atoms with Crippen LogP contribution in [0, 0.1) is 5.41 Å². The molecule has 0 aromatic rings. The lowest BCUT2D eigenvalue weighted by Gasteiger charge is -2.22. The first-order chi connectivity index (χ1) is 6.27. The molecule has 0 aliphatic heterocycles. The van der Waals surface area contributed by atoms with Crippen molar-refractivity contribution < 1.29 is 9.90 Å². The summed E-state index contributed by atoms with van der Waals surface area (Å²) < 4.78 is 0. The second-order valence-electron chi connectivity index (χ2n) is 4.41. The number of rotatable bonds is 2. The molecule has 13 heavy (non-hydrogen) atoms. The summed E-state index contributed by atoms with van der Waals surface area (Å²) in [7, 11) is 0. The van der Waals surface area contributed by atoms with E-state index in [0.29, 0.717) is 11.5 Å². The topological polar surface area (TPSA) is 49.3 Å². The first-order valence-corrected chi connectivity index (χ1v) is 5.17. The number of carbonyl (C=O) groups excluding carboxylic acids is 1. The molecule has 1 unspecified atom stereocenters. The Kier molecular flexibility index (Phi) is 2.28. The normalized spacial score (nSPS) is 30.1. The maximum absolute atomic E-state index is 10.9. The van der Waals surface area contributed by atoms with Crippen molar-refractivity contribution in [1.29, 1.82) is 0 Å². The van der Waals surface area contributed by atoms with Gasteiger partial charge in [0, 0.05) is 6.04 Å². The van der Waals surface area contributed by atoms with E-state index in [2.05, 4.69) is 5.32 Å². The number of amides is 1. The summed E-state index contributed by atoms with van der Waals surface area (Å²) in [5.74, 6) is -0.215. The van der Waals surface area contributed by atoms with Crippen LogP contribution in [0.2, 0.25) is 0 Å². The molecule has 3 nitrogen and oxygen atoms in total. The molecule has 0 bridgehead atoms. The van der Waals surface area contributed by atoms with Crippen LogP contribution in [0.1, 0.15) is 38.5 Å². The fourth-order valence-electron chi connectivity index (χ4n) is 2.60. The van der Waals surface area contributed by atoms with Gasteiger partial charge in [-0.15, -0.1) is 0 Å². The number of nitrogens with one attached hydrogen (secondary N) is 1. The molecule has 2 aliphatic carbocycles. The minimum atomic E-state index is -0.368. The number of carbonyl (C=O) groups is 1. The minimum Gasteiger partial charge on any atom is -0.387 e. The molecule has 2 saturated carbocycles. The maximum atomic E-state index is 10.9. The van der Waals surface area contributed by atoms with Crippen LogP contribution in [-0.4, -0.2) is 23.7 Å². The van der Waals surface area contributed by atoms with Gasteiger partial charge < -0.3 is 10.4 Å². The van der Waals surface area contributed by atoms with E-state index in [1.165, 1.54) is 32.1 Å². The van der Waals surface area contributed by atoms with E-state index < -0.39 is 0 Å². The SMILES string of the molecule is O=C(CO)NC1CC12CCCCC2. The molecule has 2 rings (SSSR count). The van der Waals surface area contributed by atoms with Crippen LogP contribution in [0.15, 0.2) is 0 Å². The van der Waals surface area contributed by atoms with Crippen molar-refractivity contribution in [2.24, 2.45) is 5.41 Å². The molecule has 2 fully saturated rings. The summed E-state index contributed by atoms with van der Waals surface area (Å²) in [6, 6.07) is 0.368. The third-order valence-corrected chi connectivity index (χ3v) is 3.52. The number of aliphatic hydroxyl groups excluding tert-OH is 1. The Morgan fingerprint density at radius 1 is 1.38 bits per heavy atom. The van der Waals surface area contributed by atoms with Crippen LogP contribution in [-0.2, 0) is 4.79 Å². The van der Waals surface area contributed by atoms with Crippen molar-refractivity contribution in [2.45, 2.75) is 44.6 Å². The fraction of sp³-hybridized carbons (Fsp3) is 0.900. The third kappa shape index (κ3) is 1.70. The molecule has 1 spiro atoms. The van der Waals surface area contributed by atoms with Crippen LogP contribution < -0.4 is 5.32 Å². The highest BCUT2D eigenvalue weighted by Gasteiger charge is 2.54. The van der Waals surface area contributed by atoms with Crippen LogP contribution in [0.3, 0.4) is 0 Å². The van der Waals surface area contributed by atoms with Gasteiger partial charge in [0.2, 0.25) is 5.91 Å². The standard InChI is InChI=1S/C10H17NO2/c12-7-9(13)11-8-6-10(8)4-2-1-3-5-10/h8,12H,1-7H2,(H,11,13). The first-order valence-electron chi connectivity index (χ1n) is 5.17. The average Bonchev–Trinajstić information content (AvgIpc) is 2.79. The Morgan fingerprint density at radius 3 is 2.69 bits per heavy atom. The number of hydrogen-bond acceptors (Lipinski definition) is 2. The predicted molar refractivity (Wildman–Crippen MR) is 49.2 cm³/mol. The lowest BCUT2D eigenvalue weighted by molar-refractivity contribution is -0.124. The van der Waals surface area contributed by atoms with Gasteiger partial charge in [-0.25, -0.2) is 0 Å². The van der Waals surface area contributed by atoms with E-state index in [1.54, 1.807) is 0 Å². The van der Waals surface area contributed by atoms with E-state index in [4.69, 9.17) is 5.11 Å². The second-order valence-corrected chi connectivity index (χ2v) is 4.41. The van der Waals surface area contributed by atoms with Gasteiger partial charge in [-0.2, -0.15) is 0 Å². The highest BCUT2D eigenvalue weighted by Crippen LogP contribution is 2.56. The monoisotopic (exact) mass is 183 g/mol. The van der Waals surface area contributed by atoms with Crippen LogP contribution in [0.5, 0.6) is 0 Å². The van der Waals surface area contributed by atoms with Crippen molar-refractivity contribution in [3.63, 3.8) is 0 Å². The largest absolute Gasteiger partial charge is 0.387 e. The molecule has 3 heteroatoms. The molecule has 0 radical (unpaired) electrons. The fourth-order valence-corrected chi connectivity index (χ4v) is 2.60. The summed E-state index contributed by atoms with van der Waals surface area (Å²) in [4.78, 5) is 10.9. The summed E-state index contributed by atoms with van der Waals surface area (Å²) in [5.41, 5.74) is 0.434. The Balaban J connectivity index is 1.82. The lowest BCUT2D eigenvalue weighted by atomic mass is 9.86. The lowest BCUT2D eigenvalue weighted by Crippen LogP contribution is -2.32. The molecule has 0 aromatic carbocycles. The van der Waals surface area contributed by atoms with Gasteiger partial charge in [-0.3, -0.25) is 4.79 Å². The smallest absolute Gasteiger partial charge is 0.245 e. The van der Waals surface area contributed by atoms with E-state index in [1.807, 2.05) is 0 Å². The van der Waals surface area contributed by atoms with E-state index in [9.17, 15) is 4.79 Å². The zero-order valence-electron chi connectivity index (χ0n) is 7.88. The molecular weight excluding hydrogens is 166 g/mol. The molecule has 0 saturated heterocycles. The van der Waals surface area contributed by atoms with E-state index >= 15 is 0 Å². The Hall–Kier alpha value is -0.570. The predicted octanol–water partition coefficient (Wildman–Crippen LogP) is 0.818. The van der Waals surface area contributed by atoms with Gasteiger partial charge in [0.25, 0.3) is 0 Å². The summed E-state index contributed by atoms with van der Waals surface area (Å²) in [6.45, 7) is -0.368. The summed E-state index contributed by atoms with van der Waals surface area (Å²) in [5, 5.41) is 11.5. The highest BCUT2D eigenvalue weighted by molar-refractivity contribution is 5.77. The van der Waals surface area contributed by atoms with Crippen LogP contribution in [0.4, 0.5) is 0 Å². The Labute approximate surface area is 78.5 Å². The molecule has 1 amide bonds. The number of aliphatic hydroxyl groups is 1. The molecule has 74 valence electrons. The highest BCUT2D eigenvalue weighted by atomic mass is 16.3. The molecule has 0 aromatic heterocycles. The Bertz CT molecular complexity index is 209. The molecule has 1 atom stereocenters. The van der Waals surface area contributed by atoms with Crippen molar-refractivity contribution >= 4 is 5.91 Å². The minimum absolute atomic E-state index is 0.215.